The van der Waals surface area contributed by atoms with Gasteiger partial charge in [0.1, 0.15) is 0 Å². The molecule has 0 bridgehead atoms. The molecule has 0 aromatic heterocycles. The van der Waals surface area contributed by atoms with Crippen LogP contribution in [0.5, 0.6) is 0 Å². The largest absolute Gasteiger partial charge is 0.465 e. The van der Waals surface area contributed by atoms with E-state index in [9.17, 15) is 9.59 Å². The number of hydrogen-bond donors (Lipinski definition) is 0. The summed E-state index contributed by atoms with van der Waals surface area (Å²) in [4.78, 5) is 26.1. The minimum absolute atomic E-state index is 0.358. The van der Waals surface area contributed by atoms with Crippen molar-refractivity contribution < 1.29 is 14.3 Å². The van der Waals surface area contributed by atoms with E-state index in [1.165, 1.54) is 7.11 Å². The predicted octanol–water partition coefficient (Wildman–Crippen LogP) is 2.41. The SMILES string of the molecule is COC(=O)c1cc(C2(N=C=O)CC2)cc(C)c1C. The van der Waals surface area contributed by atoms with Crippen LogP contribution in [0.3, 0.4) is 0 Å². The van der Waals surface area contributed by atoms with Crippen LogP contribution in [0, 0.1) is 13.8 Å². The zero-order valence-corrected chi connectivity index (χ0v) is 10.7. The molecule has 0 aliphatic heterocycles. The van der Waals surface area contributed by atoms with Gasteiger partial charge in [-0.15, -0.1) is 0 Å². The number of hydrogen-bond acceptors (Lipinski definition) is 4. The van der Waals surface area contributed by atoms with E-state index in [-0.39, 0.29) is 5.97 Å². The molecule has 0 N–H and O–H groups in total. The van der Waals surface area contributed by atoms with Gasteiger partial charge in [-0.3, -0.25) is 0 Å². The number of carbonyl (C=O) groups is 1. The van der Waals surface area contributed by atoms with Gasteiger partial charge in [-0.05, 0) is 49.4 Å². The number of esters is 1. The normalized spacial score (nSPS) is 15.7. The zero-order chi connectivity index (χ0) is 13.3. The maximum Gasteiger partial charge on any atom is 0.338 e. The Morgan fingerprint density at radius 1 is 1.39 bits per heavy atom. The second kappa shape index (κ2) is 4.39. The lowest BCUT2D eigenvalue weighted by Crippen LogP contribution is -2.10. The third-order valence-corrected chi connectivity index (χ3v) is 3.59. The second-order valence-electron chi connectivity index (χ2n) is 4.69. The molecular weight excluding hydrogens is 230 g/mol. The van der Waals surface area contributed by atoms with E-state index in [1.54, 1.807) is 12.1 Å². The van der Waals surface area contributed by atoms with Gasteiger partial charge >= 0.3 is 5.97 Å². The van der Waals surface area contributed by atoms with Crippen LogP contribution in [0.4, 0.5) is 0 Å². The smallest absolute Gasteiger partial charge is 0.338 e. The molecule has 4 nitrogen and oxygen atoms in total. The number of isocyanates is 1. The third kappa shape index (κ3) is 1.95. The van der Waals surface area contributed by atoms with Crippen LogP contribution in [0.15, 0.2) is 17.1 Å². The van der Waals surface area contributed by atoms with Gasteiger partial charge in [0.2, 0.25) is 6.08 Å². The Bertz CT molecular complexity index is 552. The Morgan fingerprint density at radius 2 is 2.06 bits per heavy atom. The Labute approximate surface area is 106 Å². The molecule has 0 amide bonds. The molecule has 0 radical (unpaired) electrons. The summed E-state index contributed by atoms with van der Waals surface area (Å²) in [7, 11) is 1.36. The van der Waals surface area contributed by atoms with Crippen molar-refractivity contribution >= 4 is 12.0 Å². The fourth-order valence-corrected chi connectivity index (χ4v) is 2.12. The molecule has 1 aliphatic carbocycles. The number of ether oxygens (including phenoxy) is 1. The molecule has 0 heterocycles. The highest BCUT2D eigenvalue weighted by atomic mass is 16.5. The molecule has 94 valence electrons. The molecule has 0 unspecified atom stereocenters. The van der Waals surface area contributed by atoms with E-state index < -0.39 is 5.54 Å². The van der Waals surface area contributed by atoms with Gasteiger partial charge in [-0.2, -0.15) is 4.99 Å². The first-order valence-electron chi connectivity index (χ1n) is 5.83. The average Bonchev–Trinajstić information content (AvgIpc) is 3.13. The minimum atomic E-state index is -0.455. The number of nitrogens with zero attached hydrogens (tertiary/aromatic N) is 1. The monoisotopic (exact) mass is 245 g/mol. The Kier molecular flexibility index (Phi) is 3.05. The lowest BCUT2D eigenvalue weighted by Gasteiger charge is -2.14. The Hall–Kier alpha value is -1.93. The highest BCUT2D eigenvalue weighted by molar-refractivity contribution is 5.91. The molecule has 18 heavy (non-hydrogen) atoms. The average molecular weight is 245 g/mol. The van der Waals surface area contributed by atoms with Gasteiger partial charge in [-0.25, -0.2) is 9.59 Å². The van der Waals surface area contributed by atoms with Gasteiger partial charge in [0.05, 0.1) is 18.2 Å². The third-order valence-electron chi connectivity index (χ3n) is 3.59. The molecule has 4 heteroatoms. The van der Waals surface area contributed by atoms with E-state index in [1.807, 2.05) is 19.9 Å². The Morgan fingerprint density at radius 3 is 2.56 bits per heavy atom. The number of rotatable bonds is 3. The second-order valence-corrected chi connectivity index (χ2v) is 4.69. The summed E-state index contributed by atoms with van der Waals surface area (Å²) in [5.41, 5.74) is 2.88. The van der Waals surface area contributed by atoms with Crippen LogP contribution < -0.4 is 0 Å². The fourth-order valence-electron chi connectivity index (χ4n) is 2.12. The molecule has 1 aliphatic rings. The van der Waals surface area contributed by atoms with E-state index in [4.69, 9.17) is 4.74 Å². The van der Waals surface area contributed by atoms with Gasteiger partial charge < -0.3 is 4.74 Å². The van der Waals surface area contributed by atoms with Crippen molar-refractivity contribution in [3.63, 3.8) is 0 Å². The lowest BCUT2D eigenvalue weighted by molar-refractivity contribution is 0.0599. The van der Waals surface area contributed by atoms with Crippen LogP contribution in [-0.2, 0) is 15.1 Å². The minimum Gasteiger partial charge on any atom is -0.465 e. The summed E-state index contributed by atoms with van der Waals surface area (Å²) in [5, 5.41) is 0. The van der Waals surface area contributed by atoms with Crippen LogP contribution >= 0.6 is 0 Å². The van der Waals surface area contributed by atoms with E-state index in [0.717, 1.165) is 29.5 Å². The summed E-state index contributed by atoms with van der Waals surface area (Å²) in [6.45, 7) is 3.82. The molecule has 0 spiro atoms. The molecule has 0 atom stereocenters. The maximum atomic E-state index is 11.7. The van der Waals surface area contributed by atoms with Crippen molar-refractivity contribution in [1.29, 1.82) is 0 Å². The number of aryl methyl sites for hydroxylation is 1. The molecule has 1 fully saturated rings. The van der Waals surface area contributed by atoms with E-state index >= 15 is 0 Å². The van der Waals surface area contributed by atoms with Crippen LogP contribution in [0.2, 0.25) is 0 Å². The first-order chi connectivity index (χ1) is 8.54. The van der Waals surface area contributed by atoms with Gasteiger partial charge in [0.25, 0.3) is 0 Å². The molecular formula is C14H15NO3. The number of aliphatic imine (C=N–C) groups is 1. The molecule has 1 aromatic carbocycles. The van der Waals surface area contributed by atoms with Crippen molar-refractivity contribution in [2.75, 3.05) is 7.11 Å². The van der Waals surface area contributed by atoms with Crippen LogP contribution in [0.1, 0.15) is 39.9 Å². The molecule has 0 saturated heterocycles. The van der Waals surface area contributed by atoms with Crippen molar-refractivity contribution in [3.05, 3.63) is 34.4 Å². The quantitative estimate of drug-likeness (QED) is 0.467. The molecule has 1 saturated carbocycles. The van der Waals surface area contributed by atoms with Crippen molar-refractivity contribution in [2.24, 2.45) is 4.99 Å². The first-order valence-corrected chi connectivity index (χ1v) is 5.83. The van der Waals surface area contributed by atoms with Crippen LogP contribution in [-0.4, -0.2) is 19.2 Å². The van der Waals surface area contributed by atoms with Gasteiger partial charge in [0.15, 0.2) is 0 Å². The Balaban J connectivity index is 2.55. The lowest BCUT2D eigenvalue weighted by atomic mass is 9.95. The van der Waals surface area contributed by atoms with E-state index in [0.29, 0.717) is 5.56 Å². The van der Waals surface area contributed by atoms with Crippen molar-refractivity contribution in [2.45, 2.75) is 32.2 Å². The maximum absolute atomic E-state index is 11.7. The summed E-state index contributed by atoms with van der Waals surface area (Å²) < 4.78 is 4.77. The highest BCUT2D eigenvalue weighted by Gasteiger charge is 2.45. The topological polar surface area (TPSA) is 55.7 Å². The van der Waals surface area contributed by atoms with Crippen molar-refractivity contribution in [3.8, 4) is 0 Å². The van der Waals surface area contributed by atoms with E-state index in [2.05, 4.69) is 4.99 Å². The fraction of sp³-hybridized carbons (Fsp3) is 0.429. The summed E-state index contributed by atoms with van der Waals surface area (Å²) in [6.07, 6.45) is 3.27. The number of carbonyl (C=O) groups excluding carboxylic acids is 2. The van der Waals surface area contributed by atoms with Crippen LogP contribution in [0.25, 0.3) is 0 Å². The summed E-state index contributed by atoms with van der Waals surface area (Å²) in [5.74, 6) is -0.358. The number of methoxy groups -OCH3 is 1. The first kappa shape index (κ1) is 12.5. The number of benzene rings is 1. The zero-order valence-electron chi connectivity index (χ0n) is 10.7. The molecule has 2 rings (SSSR count). The van der Waals surface area contributed by atoms with Gasteiger partial charge in [0, 0.05) is 0 Å². The predicted molar refractivity (Wildman–Crippen MR) is 66.3 cm³/mol. The standard InChI is InChI=1S/C14H15NO3/c1-9-6-11(14(4-5-14)15-8-16)7-12(10(9)2)13(17)18-3/h6-7H,4-5H2,1-3H3. The summed E-state index contributed by atoms with van der Waals surface area (Å²) >= 11 is 0. The molecule has 1 aromatic rings. The highest BCUT2D eigenvalue weighted by Crippen LogP contribution is 2.49. The van der Waals surface area contributed by atoms with Crippen molar-refractivity contribution in [1.82, 2.24) is 0 Å². The summed E-state index contributed by atoms with van der Waals surface area (Å²) in [6, 6.07) is 3.76. The van der Waals surface area contributed by atoms with Gasteiger partial charge in [-0.1, -0.05) is 6.07 Å².